The maximum Gasteiger partial charge on any atom is 0.246 e. The van der Waals surface area contributed by atoms with Crippen molar-refractivity contribution >= 4 is 17.7 Å². The molecule has 3 amide bonds. The normalized spacial score (nSPS) is 20.8. The fourth-order valence-electron chi connectivity index (χ4n) is 5.25. The van der Waals surface area contributed by atoms with Crippen molar-refractivity contribution in [1.29, 1.82) is 0 Å². The number of piperazine rings is 1. The lowest BCUT2D eigenvalue weighted by Gasteiger charge is -2.42. The third-order valence-electron chi connectivity index (χ3n) is 7.43. The molecule has 2 bridgehead atoms. The topological polar surface area (TPSA) is 122 Å². The minimum absolute atomic E-state index is 0.145. The van der Waals surface area contributed by atoms with Crippen molar-refractivity contribution in [2.75, 3.05) is 26.7 Å². The van der Waals surface area contributed by atoms with Gasteiger partial charge in [-0.3, -0.25) is 24.0 Å². The van der Waals surface area contributed by atoms with Gasteiger partial charge in [0.25, 0.3) is 0 Å². The number of methoxy groups -OCH3 is 1. The first-order chi connectivity index (χ1) is 19.9. The van der Waals surface area contributed by atoms with Crippen molar-refractivity contribution < 1.29 is 23.5 Å². The zero-order valence-corrected chi connectivity index (χ0v) is 23.0. The first-order valence-electron chi connectivity index (χ1n) is 13.7. The molecule has 0 radical (unpaired) electrons. The largest absolute Gasteiger partial charge is 0.497 e. The van der Waals surface area contributed by atoms with E-state index in [1.54, 1.807) is 23.0 Å². The second kappa shape index (κ2) is 12.9. The average Bonchev–Trinajstić information content (AvgIpc) is 3.44. The molecule has 1 fully saturated rings. The minimum atomic E-state index is -0.861. The zero-order chi connectivity index (χ0) is 28.8. The first kappa shape index (κ1) is 28.2. The van der Waals surface area contributed by atoms with Crippen molar-refractivity contribution in [3.05, 3.63) is 77.4 Å². The standard InChI is InChI=1S/C29H34FN7O4/c1-41-23-9-10-24(30)21(15-23)17-35-12-13-37-26(19-35)28(39)31-16-22-18-36(34-33-22)11-5-8-27(38)32-25(29(37)40)14-20-6-3-2-4-7-20/h2-4,6-7,9-10,15,18,25-26H,5,8,11-14,16-17,19H2,1H3,(H,31,39)(H,32,38)/t25-,26+/m0/s1. The van der Waals surface area contributed by atoms with Gasteiger partial charge in [-0.15, -0.1) is 5.10 Å². The van der Waals surface area contributed by atoms with Gasteiger partial charge in [0.15, 0.2) is 0 Å². The molecule has 0 saturated carbocycles. The summed E-state index contributed by atoms with van der Waals surface area (Å²) in [5, 5.41) is 14.0. The number of hydrogen-bond acceptors (Lipinski definition) is 7. The number of hydrogen-bond donors (Lipinski definition) is 2. The molecule has 12 heteroatoms. The third kappa shape index (κ3) is 7.07. The van der Waals surface area contributed by atoms with E-state index in [2.05, 4.69) is 20.9 Å². The molecule has 0 unspecified atom stereocenters. The highest BCUT2D eigenvalue weighted by molar-refractivity contribution is 5.92. The summed E-state index contributed by atoms with van der Waals surface area (Å²) in [7, 11) is 1.52. The van der Waals surface area contributed by atoms with Crippen LogP contribution in [-0.2, 0) is 40.4 Å². The van der Waals surface area contributed by atoms with E-state index in [0.717, 1.165) is 5.56 Å². The molecule has 1 saturated heterocycles. The molecule has 2 aliphatic rings. The predicted molar refractivity (Wildman–Crippen MR) is 147 cm³/mol. The van der Waals surface area contributed by atoms with Crippen LogP contribution in [0.5, 0.6) is 5.75 Å². The number of nitrogens with one attached hydrogen (secondary N) is 2. The van der Waals surface area contributed by atoms with Gasteiger partial charge in [0.05, 0.1) is 19.9 Å². The minimum Gasteiger partial charge on any atom is -0.497 e. The lowest BCUT2D eigenvalue weighted by Crippen LogP contribution is -2.63. The molecule has 11 nitrogen and oxygen atoms in total. The van der Waals surface area contributed by atoms with Gasteiger partial charge in [-0.1, -0.05) is 35.5 Å². The quantitative estimate of drug-likeness (QED) is 0.480. The van der Waals surface area contributed by atoms with Crippen LogP contribution >= 0.6 is 0 Å². The number of rotatable bonds is 5. The van der Waals surface area contributed by atoms with Crippen LogP contribution in [0, 0.1) is 5.82 Å². The summed E-state index contributed by atoms with van der Waals surface area (Å²) in [6.45, 7) is 1.72. The van der Waals surface area contributed by atoms with E-state index >= 15 is 0 Å². The molecule has 2 atom stereocenters. The Bertz CT molecular complexity index is 1380. The number of aromatic nitrogens is 3. The van der Waals surface area contributed by atoms with E-state index < -0.39 is 12.1 Å². The highest BCUT2D eigenvalue weighted by Crippen LogP contribution is 2.21. The van der Waals surface area contributed by atoms with Gasteiger partial charge in [-0.05, 0) is 30.2 Å². The summed E-state index contributed by atoms with van der Waals surface area (Å²) in [6.07, 6.45) is 2.77. The van der Waals surface area contributed by atoms with Crippen LogP contribution in [0.4, 0.5) is 4.39 Å². The Labute approximate surface area is 237 Å². The number of nitrogens with zero attached hydrogens (tertiary/aromatic N) is 5. The average molecular weight is 564 g/mol. The smallest absolute Gasteiger partial charge is 0.246 e. The van der Waals surface area contributed by atoms with E-state index in [1.165, 1.54) is 18.1 Å². The predicted octanol–water partition coefficient (Wildman–Crippen LogP) is 1.28. The Balaban J connectivity index is 1.41. The fourth-order valence-corrected chi connectivity index (χ4v) is 5.25. The van der Waals surface area contributed by atoms with Crippen LogP contribution < -0.4 is 15.4 Å². The van der Waals surface area contributed by atoms with Gasteiger partial charge in [-0.2, -0.15) is 0 Å². The molecule has 3 heterocycles. The Kier molecular flexibility index (Phi) is 8.88. The first-order valence-corrected chi connectivity index (χ1v) is 13.7. The van der Waals surface area contributed by atoms with Crippen LogP contribution in [0.25, 0.3) is 0 Å². The fraction of sp³-hybridized carbons (Fsp3) is 0.414. The number of aryl methyl sites for hydroxylation is 1. The molecule has 0 aliphatic carbocycles. The van der Waals surface area contributed by atoms with Crippen molar-refractivity contribution in [3.8, 4) is 5.75 Å². The highest BCUT2D eigenvalue weighted by Gasteiger charge is 2.38. The number of amides is 3. The van der Waals surface area contributed by atoms with E-state index in [-0.39, 0.29) is 56.1 Å². The molecule has 2 N–H and O–H groups in total. The van der Waals surface area contributed by atoms with E-state index in [9.17, 15) is 18.8 Å². The number of carbonyl (C=O) groups excluding carboxylic acids is 3. The van der Waals surface area contributed by atoms with E-state index in [4.69, 9.17) is 4.74 Å². The van der Waals surface area contributed by atoms with Crippen LogP contribution in [0.3, 0.4) is 0 Å². The van der Waals surface area contributed by atoms with Gasteiger partial charge in [0, 0.05) is 51.1 Å². The Hall–Kier alpha value is -4.32. The lowest BCUT2D eigenvalue weighted by molar-refractivity contribution is -0.146. The van der Waals surface area contributed by atoms with E-state index in [1.807, 2.05) is 35.2 Å². The van der Waals surface area contributed by atoms with Gasteiger partial charge >= 0.3 is 0 Å². The number of carbonyl (C=O) groups is 3. The van der Waals surface area contributed by atoms with Crippen molar-refractivity contribution in [2.45, 2.75) is 51.0 Å². The zero-order valence-electron chi connectivity index (χ0n) is 23.0. The molecule has 41 heavy (non-hydrogen) atoms. The van der Waals surface area contributed by atoms with Gasteiger partial charge in [0.1, 0.15) is 29.3 Å². The maximum absolute atomic E-state index is 14.6. The van der Waals surface area contributed by atoms with Gasteiger partial charge in [-0.25, -0.2) is 4.39 Å². The molecule has 0 spiro atoms. The summed E-state index contributed by atoms with van der Waals surface area (Å²) in [6, 6.07) is 12.3. The SMILES string of the molecule is COc1ccc(F)c(CN2CCN3C(=O)[C@H](Cc4ccccc4)NC(=O)CCCn4cc(nn4)CNC(=O)[C@H]3C2)c1. The highest BCUT2D eigenvalue weighted by atomic mass is 19.1. The number of halogens is 1. The Morgan fingerprint density at radius 2 is 1.90 bits per heavy atom. The summed E-state index contributed by atoms with van der Waals surface area (Å²) in [5.41, 5.74) is 1.91. The van der Waals surface area contributed by atoms with Crippen molar-refractivity contribution in [3.63, 3.8) is 0 Å². The molecule has 216 valence electrons. The van der Waals surface area contributed by atoms with Crippen LogP contribution in [0.1, 0.15) is 29.7 Å². The van der Waals surface area contributed by atoms with Crippen molar-refractivity contribution in [2.24, 2.45) is 0 Å². The third-order valence-corrected chi connectivity index (χ3v) is 7.43. The van der Waals surface area contributed by atoms with Crippen LogP contribution in [-0.4, -0.2) is 81.3 Å². The Morgan fingerprint density at radius 1 is 1.07 bits per heavy atom. The number of fused-ring (bicyclic) bond motifs is 3. The number of ether oxygens (including phenoxy) is 1. The van der Waals surface area contributed by atoms with Crippen LogP contribution in [0.15, 0.2) is 54.7 Å². The second-order valence-electron chi connectivity index (χ2n) is 10.3. The lowest BCUT2D eigenvalue weighted by atomic mass is 10.0. The molecular weight excluding hydrogens is 529 g/mol. The second-order valence-corrected chi connectivity index (χ2v) is 10.3. The van der Waals surface area contributed by atoms with E-state index in [0.29, 0.717) is 42.9 Å². The summed E-state index contributed by atoms with van der Waals surface area (Å²) in [4.78, 5) is 44.0. The molecular formula is C29H34FN7O4. The molecule has 2 aliphatic heterocycles. The van der Waals surface area contributed by atoms with Gasteiger partial charge < -0.3 is 20.3 Å². The summed E-state index contributed by atoms with van der Waals surface area (Å²) < 4.78 is 21.5. The van der Waals surface area contributed by atoms with Crippen molar-refractivity contribution in [1.82, 2.24) is 35.4 Å². The Morgan fingerprint density at radius 3 is 2.71 bits per heavy atom. The molecule has 5 rings (SSSR count). The monoisotopic (exact) mass is 563 g/mol. The maximum atomic E-state index is 14.6. The van der Waals surface area contributed by atoms with Crippen LogP contribution in [0.2, 0.25) is 0 Å². The summed E-state index contributed by atoms with van der Waals surface area (Å²) >= 11 is 0. The number of benzene rings is 2. The molecule has 3 aromatic rings. The van der Waals surface area contributed by atoms with Gasteiger partial charge in [0.2, 0.25) is 17.7 Å². The molecule has 1 aromatic heterocycles. The summed E-state index contributed by atoms with van der Waals surface area (Å²) in [5.74, 6) is -0.765. The molecule has 2 aromatic carbocycles.